The van der Waals surface area contributed by atoms with Crippen molar-refractivity contribution in [2.24, 2.45) is 5.92 Å². The molecule has 1 aromatic heterocycles. The second-order valence-corrected chi connectivity index (χ2v) is 9.54. The second kappa shape index (κ2) is 7.45. The summed E-state index contributed by atoms with van der Waals surface area (Å²) >= 11 is 0. The smallest absolute Gasteiger partial charge is 0.223 e. The number of nitrogens with one attached hydrogen (secondary N) is 1. The van der Waals surface area contributed by atoms with Crippen LogP contribution >= 0.6 is 0 Å². The number of amides is 1. The molecule has 25 heavy (non-hydrogen) atoms. The molecule has 2 aliphatic rings. The minimum Gasteiger partial charge on any atom is -0.354 e. The van der Waals surface area contributed by atoms with Gasteiger partial charge in [0, 0.05) is 24.2 Å². The van der Waals surface area contributed by atoms with Gasteiger partial charge in [-0.05, 0) is 52.3 Å². The topological polar surface area (TPSA) is 84.3 Å². The molecule has 0 spiro atoms. The lowest BCUT2D eigenvalue weighted by atomic mass is 9.94. The summed E-state index contributed by atoms with van der Waals surface area (Å²) in [5.41, 5.74) is 2.09. The molecule has 0 unspecified atom stereocenters. The van der Waals surface area contributed by atoms with E-state index in [9.17, 15) is 13.2 Å². The Morgan fingerprint density at radius 3 is 2.56 bits per heavy atom. The molecule has 140 valence electrons. The lowest BCUT2D eigenvalue weighted by Crippen LogP contribution is -2.45. The fourth-order valence-corrected chi connectivity index (χ4v) is 5.68. The summed E-state index contributed by atoms with van der Waals surface area (Å²) in [6.07, 6.45) is 2.35. The summed E-state index contributed by atoms with van der Waals surface area (Å²) in [5, 5.41) is 7.42. The van der Waals surface area contributed by atoms with Crippen molar-refractivity contribution in [2.75, 3.05) is 31.1 Å². The largest absolute Gasteiger partial charge is 0.354 e. The van der Waals surface area contributed by atoms with E-state index in [1.165, 1.54) is 0 Å². The number of rotatable bonds is 5. The van der Waals surface area contributed by atoms with Crippen LogP contribution in [0.25, 0.3) is 0 Å². The van der Waals surface area contributed by atoms with Gasteiger partial charge in [-0.15, -0.1) is 0 Å². The number of aryl methyl sites for hydroxylation is 2. The molecule has 1 amide bonds. The van der Waals surface area contributed by atoms with Crippen molar-refractivity contribution < 1.29 is 13.2 Å². The van der Waals surface area contributed by atoms with Crippen molar-refractivity contribution in [1.29, 1.82) is 0 Å². The van der Waals surface area contributed by atoms with Crippen LogP contribution in [0.15, 0.2) is 6.07 Å². The Kier molecular flexibility index (Phi) is 5.48. The van der Waals surface area contributed by atoms with Gasteiger partial charge in [-0.25, -0.2) is 8.42 Å². The van der Waals surface area contributed by atoms with Crippen LogP contribution in [0.4, 0.5) is 0 Å². The van der Waals surface area contributed by atoms with Crippen molar-refractivity contribution in [3.63, 3.8) is 0 Å². The summed E-state index contributed by atoms with van der Waals surface area (Å²) in [7, 11) is -2.84. The standard InChI is InChI=1S/C17H28N4O3S/c1-13-11-14(2)21(19-13)9-6-18-17(22)15-3-7-20(8-4-15)16-5-10-25(23,24)12-16/h11,15-16H,3-10,12H2,1-2H3,(H,18,22)/t16-/m1/s1. The Morgan fingerprint density at radius 2 is 2.00 bits per heavy atom. The number of aromatic nitrogens is 2. The van der Waals surface area contributed by atoms with Crippen molar-refractivity contribution in [1.82, 2.24) is 20.0 Å². The van der Waals surface area contributed by atoms with E-state index in [0.29, 0.717) is 18.8 Å². The number of carbonyl (C=O) groups is 1. The normalized spacial score (nSPS) is 24.5. The van der Waals surface area contributed by atoms with E-state index in [1.54, 1.807) is 0 Å². The Morgan fingerprint density at radius 1 is 1.28 bits per heavy atom. The molecule has 3 rings (SSSR count). The fraction of sp³-hybridized carbons (Fsp3) is 0.765. The molecule has 3 heterocycles. The Bertz CT molecular complexity index is 720. The molecule has 0 saturated carbocycles. The first-order chi connectivity index (χ1) is 11.8. The van der Waals surface area contributed by atoms with Crippen LogP contribution in [0, 0.1) is 19.8 Å². The summed E-state index contributed by atoms with van der Waals surface area (Å²) in [5.74, 6) is 0.742. The summed E-state index contributed by atoms with van der Waals surface area (Å²) in [4.78, 5) is 14.6. The van der Waals surface area contributed by atoms with Gasteiger partial charge in [0.2, 0.25) is 5.91 Å². The van der Waals surface area contributed by atoms with Gasteiger partial charge in [0.25, 0.3) is 0 Å². The monoisotopic (exact) mass is 368 g/mol. The van der Waals surface area contributed by atoms with Crippen molar-refractivity contribution in [2.45, 2.75) is 45.7 Å². The zero-order valence-corrected chi connectivity index (χ0v) is 15.9. The Hall–Kier alpha value is -1.41. The number of sulfone groups is 1. The van der Waals surface area contributed by atoms with Crippen LogP contribution in [-0.4, -0.2) is 66.2 Å². The van der Waals surface area contributed by atoms with Crippen molar-refractivity contribution in [3.05, 3.63) is 17.5 Å². The summed E-state index contributed by atoms with van der Waals surface area (Å²) in [6, 6.07) is 2.18. The number of piperidine rings is 1. The molecule has 2 fully saturated rings. The number of hydrogen-bond donors (Lipinski definition) is 1. The van der Waals surface area contributed by atoms with Gasteiger partial charge in [-0.3, -0.25) is 14.4 Å². The molecule has 1 N–H and O–H groups in total. The molecule has 2 aliphatic heterocycles. The zero-order chi connectivity index (χ0) is 18.0. The van der Waals surface area contributed by atoms with Gasteiger partial charge in [-0.1, -0.05) is 0 Å². The third-order valence-corrected chi connectivity index (χ3v) is 7.10. The van der Waals surface area contributed by atoms with Crippen LogP contribution in [0.1, 0.15) is 30.7 Å². The van der Waals surface area contributed by atoms with Gasteiger partial charge in [0.15, 0.2) is 9.84 Å². The lowest BCUT2D eigenvalue weighted by Gasteiger charge is -2.34. The SMILES string of the molecule is Cc1cc(C)n(CCNC(=O)C2CCN([C@@H]3CCS(=O)(=O)C3)CC2)n1. The Balaban J connectivity index is 1.40. The minimum atomic E-state index is -2.84. The van der Waals surface area contributed by atoms with E-state index in [0.717, 1.165) is 43.7 Å². The number of carbonyl (C=O) groups excluding carboxylic acids is 1. The highest BCUT2D eigenvalue weighted by Crippen LogP contribution is 2.24. The van der Waals surface area contributed by atoms with Gasteiger partial charge >= 0.3 is 0 Å². The first-order valence-corrected chi connectivity index (χ1v) is 10.9. The first-order valence-electron chi connectivity index (χ1n) is 9.07. The van der Waals surface area contributed by atoms with Gasteiger partial charge in [0.05, 0.1) is 23.7 Å². The molecule has 1 aromatic rings. The molecule has 2 saturated heterocycles. The third kappa shape index (κ3) is 4.61. The molecule has 1 atom stereocenters. The average molecular weight is 369 g/mol. The Labute approximate surface area is 149 Å². The average Bonchev–Trinajstić information content (AvgIpc) is 3.09. The number of likely N-dealkylation sites (tertiary alicyclic amines) is 1. The van der Waals surface area contributed by atoms with Crippen molar-refractivity contribution in [3.8, 4) is 0 Å². The van der Waals surface area contributed by atoms with Gasteiger partial charge in [0.1, 0.15) is 0 Å². The highest BCUT2D eigenvalue weighted by atomic mass is 32.2. The summed E-state index contributed by atoms with van der Waals surface area (Å²) in [6.45, 7) is 6.88. The van der Waals surface area contributed by atoms with Gasteiger partial charge in [-0.2, -0.15) is 5.10 Å². The predicted molar refractivity (Wildman–Crippen MR) is 96.1 cm³/mol. The molecular weight excluding hydrogens is 340 g/mol. The molecule has 0 radical (unpaired) electrons. The maximum atomic E-state index is 12.4. The van der Waals surface area contributed by atoms with E-state index in [-0.39, 0.29) is 23.6 Å². The predicted octanol–water partition coefficient (Wildman–Crippen LogP) is 0.515. The van der Waals surface area contributed by atoms with E-state index in [2.05, 4.69) is 15.3 Å². The summed E-state index contributed by atoms with van der Waals surface area (Å²) < 4.78 is 25.2. The van der Waals surface area contributed by atoms with Crippen LogP contribution in [0.3, 0.4) is 0 Å². The number of nitrogens with zero attached hydrogens (tertiary/aromatic N) is 3. The second-order valence-electron chi connectivity index (χ2n) is 7.31. The van der Waals surface area contributed by atoms with Crippen molar-refractivity contribution >= 4 is 15.7 Å². The van der Waals surface area contributed by atoms with Crippen LogP contribution in [0.2, 0.25) is 0 Å². The lowest BCUT2D eigenvalue weighted by molar-refractivity contribution is -0.126. The van der Waals surface area contributed by atoms with E-state index < -0.39 is 9.84 Å². The minimum absolute atomic E-state index is 0.0368. The molecular formula is C17H28N4O3S. The maximum absolute atomic E-state index is 12.4. The highest BCUT2D eigenvalue weighted by Gasteiger charge is 2.35. The van der Waals surface area contributed by atoms with Crippen LogP contribution in [0.5, 0.6) is 0 Å². The zero-order valence-electron chi connectivity index (χ0n) is 15.1. The first kappa shape index (κ1) is 18.4. The highest BCUT2D eigenvalue weighted by molar-refractivity contribution is 7.91. The van der Waals surface area contributed by atoms with E-state index in [1.807, 2.05) is 24.6 Å². The van der Waals surface area contributed by atoms with Gasteiger partial charge < -0.3 is 5.32 Å². The van der Waals surface area contributed by atoms with Crippen LogP contribution in [-0.2, 0) is 21.2 Å². The maximum Gasteiger partial charge on any atom is 0.223 e. The van der Waals surface area contributed by atoms with E-state index >= 15 is 0 Å². The fourth-order valence-electron chi connectivity index (χ4n) is 3.92. The third-order valence-electron chi connectivity index (χ3n) is 5.35. The molecule has 7 nitrogen and oxygen atoms in total. The molecule has 0 aromatic carbocycles. The van der Waals surface area contributed by atoms with Crippen LogP contribution < -0.4 is 5.32 Å². The number of hydrogen-bond acceptors (Lipinski definition) is 5. The van der Waals surface area contributed by atoms with E-state index in [4.69, 9.17) is 0 Å². The molecule has 0 aliphatic carbocycles. The quantitative estimate of drug-likeness (QED) is 0.819. The molecule has 8 heteroatoms. The molecule has 0 bridgehead atoms.